The molecule has 1 saturated heterocycles. The molecular weight excluding hydrogens is 224 g/mol. The van der Waals surface area contributed by atoms with Gasteiger partial charge in [-0.2, -0.15) is 0 Å². The molecule has 3 nitrogen and oxygen atoms in total. The first-order chi connectivity index (χ1) is 8.68. The number of hydrogen-bond donors (Lipinski definition) is 2. The Bertz CT molecular complexity index is 426. The van der Waals surface area contributed by atoms with Crippen LogP contribution in [0.15, 0.2) is 24.3 Å². The van der Waals surface area contributed by atoms with Crippen molar-refractivity contribution in [3.05, 3.63) is 35.4 Å². The van der Waals surface area contributed by atoms with E-state index in [2.05, 4.69) is 36.5 Å². The van der Waals surface area contributed by atoms with Gasteiger partial charge in [0.1, 0.15) is 0 Å². The summed E-state index contributed by atoms with van der Waals surface area (Å²) in [5.41, 5.74) is 8.86. The van der Waals surface area contributed by atoms with Crippen molar-refractivity contribution in [2.75, 3.05) is 13.2 Å². The largest absolute Gasteiger partial charge is 0.374 e. The molecule has 1 aliphatic carbocycles. The maximum atomic E-state index is 6.18. The molecule has 0 saturated carbocycles. The van der Waals surface area contributed by atoms with Gasteiger partial charge in [0.05, 0.1) is 5.60 Å². The smallest absolute Gasteiger partial charge is 0.0779 e. The highest BCUT2D eigenvalue weighted by Crippen LogP contribution is 2.37. The van der Waals surface area contributed by atoms with E-state index in [4.69, 9.17) is 10.5 Å². The van der Waals surface area contributed by atoms with Crippen molar-refractivity contribution in [1.29, 1.82) is 0 Å². The molecule has 3 atom stereocenters. The van der Waals surface area contributed by atoms with Crippen molar-refractivity contribution < 1.29 is 4.74 Å². The molecule has 0 amide bonds. The SMILES string of the molecule is CC1(CNC2CC(N)c3ccccc32)CCCO1. The number of ether oxygens (including phenoxy) is 1. The number of nitrogens with one attached hydrogen (secondary N) is 1. The number of fused-ring (bicyclic) bond motifs is 1. The third kappa shape index (κ3) is 2.18. The van der Waals surface area contributed by atoms with Gasteiger partial charge in [-0.05, 0) is 37.3 Å². The van der Waals surface area contributed by atoms with Crippen molar-refractivity contribution in [2.24, 2.45) is 5.73 Å². The van der Waals surface area contributed by atoms with Gasteiger partial charge in [0, 0.05) is 25.2 Å². The van der Waals surface area contributed by atoms with Crippen LogP contribution in [0.5, 0.6) is 0 Å². The van der Waals surface area contributed by atoms with Crippen LogP contribution in [-0.4, -0.2) is 18.8 Å². The van der Waals surface area contributed by atoms with Crippen LogP contribution in [-0.2, 0) is 4.74 Å². The Labute approximate surface area is 109 Å². The van der Waals surface area contributed by atoms with Gasteiger partial charge in [0.2, 0.25) is 0 Å². The molecule has 0 spiro atoms. The van der Waals surface area contributed by atoms with E-state index in [0.717, 1.165) is 26.0 Å². The molecule has 3 rings (SSSR count). The lowest BCUT2D eigenvalue weighted by Gasteiger charge is -2.26. The van der Waals surface area contributed by atoms with E-state index in [1.807, 2.05) is 0 Å². The van der Waals surface area contributed by atoms with E-state index in [1.54, 1.807) is 0 Å². The summed E-state index contributed by atoms with van der Waals surface area (Å²) >= 11 is 0. The second-order valence-corrected chi connectivity index (χ2v) is 5.81. The van der Waals surface area contributed by atoms with Crippen LogP contribution in [0.25, 0.3) is 0 Å². The van der Waals surface area contributed by atoms with Gasteiger partial charge in [-0.15, -0.1) is 0 Å². The Morgan fingerprint density at radius 1 is 1.39 bits per heavy atom. The summed E-state index contributed by atoms with van der Waals surface area (Å²) in [7, 11) is 0. The van der Waals surface area contributed by atoms with Gasteiger partial charge < -0.3 is 15.8 Å². The van der Waals surface area contributed by atoms with E-state index in [1.165, 1.54) is 17.5 Å². The fourth-order valence-electron chi connectivity index (χ4n) is 3.18. The Morgan fingerprint density at radius 3 is 2.89 bits per heavy atom. The summed E-state index contributed by atoms with van der Waals surface area (Å²) in [4.78, 5) is 0. The summed E-state index contributed by atoms with van der Waals surface area (Å²) < 4.78 is 5.82. The quantitative estimate of drug-likeness (QED) is 0.860. The first kappa shape index (κ1) is 12.2. The number of benzene rings is 1. The van der Waals surface area contributed by atoms with Gasteiger partial charge in [-0.25, -0.2) is 0 Å². The van der Waals surface area contributed by atoms with Gasteiger partial charge in [-0.1, -0.05) is 24.3 Å². The lowest BCUT2D eigenvalue weighted by Crippen LogP contribution is -2.38. The van der Waals surface area contributed by atoms with Gasteiger partial charge in [0.15, 0.2) is 0 Å². The molecule has 3 N–H and O–H groups in total. The second kappa shape index (κ2) is 4.65. The van der Waals surface area contributed by atoms with Crippen LogP contribution < -0.4 is 11.1 Å². The van der Waals surface area contributed by atoms with Crippen LogP contribution in [0.4, 0.5) is 0 Å². The minimum atomic E-state index is 0.0155. The maximum Gasteiger partial charge on any atom is 0.0779 e. The Hall–Kier alpha value is -0.900. The summed E-state index contributed by atoms with van der Waals surface area (Å²) in [6.45, 7) is 4.02. The molecule has 2 aliphatic rings. The van der Waals surface area contributed by atoms with Crippen LogP contribution in [0.1, 0.15) is 49.4 Å². The minimum Gasteiger partial charge on any atom is -0.374 e. The summed E-state index contributed by atoms with van der Waals surface area (Å²) in [6, 6.07) is 9.07. The predicted octanol–water partition coefficient (Wildman–Crippen LogP) is 2.29. The number of hydrogen-bond acceptors (Lipinski definition) is 3. The molecule has 0 radical (unpaired) electrons. The predicted molar refractivity (Wildman–Crippen MR) is 72.3 cm³/mol. The van der Waals surface area contributed by atoms with E-state index in [-0.39, 0.29) is 11.6 Å². The molecule has 98 valence electrons. The molecule has 0 aromatic heterocycles. The molecule has 3 heteroatoms. The average molecular weight is 246 g/mol. The van der Waals surface area contributed by atoms with Gasteiger partial charge in [0.25, 0.3) is 0 Å². The maximum absolute atomic E-state index is 6.18. The molecule has 3 unspecified atom stereocenters. The molecule has 1 aliphatic heterocycles. The summed E-state index contributed by atoms with van der Waals surface area (Å²) in [6.07, 6.45) is 3.33. The van der Waals surface area contributed by atoms with Crippen molar-refractivity contribution in [1.82, 2.24) is 5.32 Å². The van der Waals surface area contributed by atoms with Crippen molar-refractivity contribution in [2.45, 2.75) is 43.9 Å². The first-order valence-electron chi connectivity index (χ1n) is 6.90. The molecule has 18 heavy (non-hydrogen) atoms. The third-order valence-electron chi connectivity index (χ3n) is 4.28. The molecule has 0 bridgehead atoms. The third-order valence-corrected chi connectivity index (χ3v) is 4.28. The van der Waals surface area contributed by atoms with E-state index in [0.29, 0.717) is 6.04 Å². The molecule has 1 fully saturated rings. The molecular formula is C15H22N2O. The lowest BCUT2D eigenvalue weighted by atomic mass is 10.0. The van der Waals surface area contributed by atoms with Gasteiger partial charge in [-0.3, -0.25) is 0 Å². The molecule has 1 aromatic rings. The van der Waals surface area contributed by atoms with Crippen molar-refractivity contribution >= 4 is 0 Å². The average Bonchev–Trinajstić information content (AvgIpc) is 2.94. The minimum absolute atomic E-state index is 0.0155. The normalized spacial score (nSPS) is 34.8. The van der Waals surface area contributed by atoms with E-state index in [9.17, 15) is 0 Å². The van der Waals surface area contributed by atoms with Crippen molar-refractivity contribution in [3.8, 4) is 0 Å². The Kier molecular flexibility index (Phi) is 3.14. The van der Waals surface area contributed by atoms with E-state index >= 15 is 0 Å². The second-order valence-electron chi connectivity index (χ2n) is 5.81. The fourth-order valence-corrected chi connectivity index (χ4v) is 3.18. The van der Waals surface area contributed by atoms with Crippen LogP contribution >= 0.6 is 0 Å². The monoisotopic (exact) mass is 246 g/mol. The van der Waals surface area contributed by atoms with Gasteiger partial charge >= 0.3 is 0 Å². The van der Waals surface area contributed by atoms with Crippen LogP contribution in [0, 0.1) is 0 Å². The lowest BCUT2D eigenvalue weighted by molar-refractivity contribution is 0.0186. The van der Waals surface area contributed by atoms with Crippen LogP contribution in [0.3, 0.4) is 0 Å². The Morgan fingerprint density at radius 2 is 2.17 bits per heavy atom. The highest BCUT2D eigenvalue weighted by molar-refractivity contribution is 5.37. The fraction of sp³-hybridized carbons (Fsp3) is 0.600. The highest BCUT2D eigenvalue weighted by atomic mass is 16.5. The standard InChI is InChI=1S/C15H22N2O/c1-15(7-4-8-18-15)10-17-14-9-13(16)11-5-2-3-6-12(11)14/h2-3,5-6,13-14,17H,4,7-10,16H2,1H3. The topological polar surface area (TPSA) is 47.3 Å². The number of nitrogens with two attached hydrogens (primary N) is 1. The van der Waals surface area contributed by atoms with E-state index < -0.39 is 0 Å². The highest BCUT2D eigenvalue weighted by Gasteiger charge is 2.33. The first-order valence-corrected chi connectivity index (χ1v) is 6.90. The Balaban J connectivity index is 1.68. The zero-order valence-corrected chi connectivity index (χ0v) is 11.0. The van der Waals surface area contributed by atoms with Crippen molar-refractivity contribution in [3.63, 3.8) is 0 Å². The zero-order chi connectivity index (χ0) is 12.6. The summed E-state index contributed by atoms with van der Waals surface area (Å²) in [5, 5.41) is 3.65. The molecule has 1 aromatic carbocycles. The summed E-state index contributed by atoms with van der Waals surface area (Å²) in [5.74, 6) is 0. The van der Waals surface area contributed by atoms with Crippen LogP contribution in [0.2, 0.25) is 0 Å². The molecule has 1 heterocycles. The zero-order valence-electron chi connectivity index (χ0n) is 11.0. The number of rotatable bonds is 3.